The highest BCUT2D eigenvalue weighted by atomic mass is 35.5. The van der Waals surface area contributed by atoms with Gasteiger partial charge in [0.05, 0.1) is 11.2 Å². The summed E-state index contributed by atoms with van der Waals surface area (Å²) in [4.78, 5) is 12.8. The smallest absolute Gasteiger partial charge is 0.164 e. The quantitative estimate of drug-likeness (QED) is 0.335. The molecule has 3 fully saturated rings. The van der Waals surface area contributed by atoms with E-state index in [1.54, 1.807) is 12.3 Å². The Morgan fingerprint density at radius 3 is 2.52 bits per heavy atom. The Morgan fingerprint density at radius 2 is 1.76 bits per heavy atom. The fourth-order valence-electron chi connectivity index (χ4n) is 5.91. The van der Waals surface area contributed by atoms with Crippen molar-refractivity contribution in [1.82, 2.24) is 15.0 Å². The van der Waals surface area contributed by atoms with Crippen molar-refractivity contribution in [2.75, 3.05) is 5.32 Å². The van der Waals surface area contributed by atoms with Gasteiger partial charge in [-0.05, 0) is 55.6 Å². The lowest BCUT2D eigenvalue weighted by molar-refractivity contribution is 0.0928. The van der Waals surface area contributed by atoms with Crippen molar-refractivity contribution < 1.29 is 4.39 Å². The molecule has 6 heteroatoms. The molecule has 0 spiro atoms. The molecule has 3 aliphatic rings. The number of hydrogen-bond acceptors (Lipinski definition) is 3. The van der Waals surface area contributed by atoms with Crippen LogP contribution in [-0.4, -0.2) is 21.0 Å². The number of aromatic nitrogens is 3. The van der Waals surface area contributed by atoms with Gasteiger partial charge in [-0.1, -0.05) is 48.9 Å². The molecular formula is C27H26ClFN4. The van der Waals surface area contributed by atoms with Gasteiger partial charge in [0, 0.05) is 39.8 Å². The fraction of sp³-hybridized carbons (Fsp3) is 0.333. The lowest BCUT2D eigenvalue weighted by Crippen LogP contribution is -2.47. The molecule has 0 radical (unpaired) electrons. The van der Waals surface area contributed by atoms with E-state index in [1.165, 1.54) is 31.7 Å². The Labute approximate surface area is 197 Å². The van der Waals surface area contributed by atoms with E-state index in [2.05, 4.69) is 17.2 Å². The topological polar surface area (TPSA) is 53.6 Å². The fourth-order valence-corrected chi connectivity index (χ4v) is 6.12. The van der Waals surface area contributed by atoms with Gasteiger partial charge in [0.25, 0.3) is 0 Å². The molecule has 2 bridgehead atoms. The summed E-state index contributed by atoms with van der Waals surface area (Å²) in [5.41, 5.74) is 3.02. The number of benzene rings is 2. The minimum Gasteiger partial charge on any atom is -0.367 e. The van der Waals surface area contributed by atoms with Crippen LogP contribution in [0.2, 0.25) is 5.02 Å². The zero-order valence-corrected chi connectivity index (χ0v) is 19.2. The van der Waals surface area contributed by atoms with Crippen LogP contribution in [0.15, 0.2) is 54.7 Å². The van der Waals surface area contributed by atoms with Crippen molar-refractivity contribution in [3.63, 3.8) is 0 Å². The third-order valence-electron chi connectivity index (χ3n) is 7.69. The van der Waals surface area contributed by atoms with Gasteiger partial charge >= 0.3 is 0 Å². The third-order valence-corrected chi connectivity index (χ3v) is 7.91. The van der Waals surface area contributed by atoms with Crippen LogP contribution in [0.4, 0.5) is 10.2 Å². The SMILES string of the molecule is C[C@@H]1C2CCC(CC2)[C@H]1Nc1cc(-c2ccccc2)nc(-c2c[nH]c3c(F)cc(Cl)cc23)n1. The van der Waals surface area contributed by atoms with Gasteiger partial charge in [0.2, 0.25) is 0 Å². The Morgan fingerprint density at radius 1 is 1.00 bits per heavy atom. The van der Waals surface area contributed by atoms with Crippen LogP contribution in [0, 0.1) is 23.6 Å². The lowest BCUT2D eigenvalue weighted by atomic mass is 9.62. The number of rotatable bonds is 4. The number of fused-ring (bicyclic) bond motifs is 4. The summed E-state index contributed by atoms with van der Waals surface area (Å²) in [6.45, 7) is 2.37. The number of anilines is 1. The van der Waals surface area contributed by atoms with Gasteiger partial charge in [-0.3, -0.25) is 0 Å². The third kappa shape index (κ3) is 3.68. The van der Waals surface area contributed by atoms with Crippen molar-refractivity contribution in [2.24, 2.45) is 17.8 Å². The van der Waals surface area contributed by atoms with E-state index in [9.17, 15) is 4.39 Å². The molecule has 2 atom stereocenters. The van der Waals surface area contributed by atoms with Crippen LogP contribution in [0.5, 0.6) is 0 Å². The second-order valence-electron chi connectivity index (χ2n) is 9.54. The minimum absolute atomic E-state index is 0.352. The molecule has 168 valence electrons. The van der Waals surface area contributed by atoms with E-state index in [4.69, 9.17) is 21.6 Å². The van der Waals surface area contributed by atoms with Gasteiger partial charge in [-0.25, -0.2) is 14.4 Å². The standard InChI is InChI=1S/C27H26ClFN4/c1-15-16-7-9-18(10-8-16)25(15)32-24-13-23(17-5-3-2-4-6-17)31-27(33-24)21-14-30-26-20(21)11-19(28)12-22(26)29/h2-6,11-16,18,25,30H,7-10H2,1H3,(H,31,32,33)/t15-,16?,18?,25+/m1/s1. The second kappa shape index (κ2) is 8.14. The molecular weight excluding hydrogens is 435 g/mol. The zero-order valence-electron chi connectivity index (χ0n) is 18.5. The maximum Gasteiger partial charge on any atom is 0.164 e. The van der Waals surface area contributed by atoms with Crippen LogP contribution >= 0.6 is 11.6 Å². The first-order valence-electron chi connectivity index (χ1n) is 11.7. The average molecular weight is 461 g/mol. The first kappa shape index (κ1) is 20.7. The van der Waals surface area contributed by atoms with Gasteiger partial charge in [-0.15, -0.1) is 0 Å². The van der Waals surface area contributed by atoms with E-state index >= 15 is 0 Å². The van der Waals surface area contributed by atoms with E-state index in [0.717, 1.165) is 28.6 Å². The highest BCUT2D eigenvalue weighted by Crippen LogP contribution is 2.46. The summed E-state index contributed by atoms with van der Waals surface area (Å²) in [5.74, 6) is 3.09. The molecule has 3 aliphatic carbocycles. The van der Waals surface area contributed by atoms with Crippen molar-refractivity contribution in [3.05, 3.63) is 65.6 Å². The Balaban J connectivity index is 1.46. The maximum atomic E-state index is 14.5. The molecule has 7 rings (SSSR count). The summed E-state index contributed by atoms with van der Waals surface area (Å²) < 4.78 is 14.5. The van der Waals surface area contributed by atoms with Crippen LogP contribution in [0.1, 0.15) is 32.6 Å². The summed E-state index contributed by atoms with van der Waals surface area (Å²) in [6, 6.07) is 15.6. The lowest BCUT2D eigenvalue weighted by Gasteiger charge is -2.47. The van der Waals surface area contributed by atoms with Crippen molar-refractivity contribution in [1.29, 1.82) is 0 Å². The van der Waals surface area contributed by atoms with Crippen molar-refractivity contribution >= 4 is 28.3 Å². The highest BCUT2D eigenvalue weighted by Gasteiger charge is 2.41. The number of nitrogens with zero attached hydrogens (tertiary/aromatic N) is 2. The number of H-pyrrole nitrogens is 1. The normalized spacial score (nSPS) is 24.3. The molecule has 0 saturated heterocycles. The van der Waals surface area contributed by atoms with Gasteiger partial charge in [0.15, 0.2) is 5.82 Å². The van der Waals surface area contributed by atoms with Gasteiger partial charge in [-0.2, -0.15) is 0 Å². The van der Waals surface area contributed by atoms with Gasteiger partial charge < -0.3 is 10.3 Å². The molecule has 2 aromatic carbocycles. The monoisotopic (exact) mass is 460 g/mol. The molecule has 0 unspecified atom stereocenters. The van der Waals surface area contributed by atoms with Crippen molar-refractivity contribution in [2.45, 2.75) is 38.6 Å². The molecule has 4 nitrogen and oxygen atoms in total. The molecule has 4 aromatic rings. The number of nitrogens with one attached hydrogen (secondary N) is 2. The molecule has 33 heavy (non-hydrogen) atoms. The molecule has 3 saturated carbocycles. The van der Waals surface area contributed by atoms with Crippen LogP contribution in [0.25, 0.3) is 33.5 Å². The summed E-state index contributed by atoms with van der Waals surface area (Å²) in [5, 5.41) is 4.82. The minimum atomic E-state index is -0.381. The van der Waals surface area contributed by atoms with Crippen molar-refractivity contribution in [3.8, 4) is 22.6 Å². The molecule has 0 amide bonds. The van der Waals surface area contributed by atoms with E-state index in [0.29, 0.717) is 39.6 Å². The van der Waals surface area contributed by atoms with E-state index < -0.39 is 0 Å². The predicted octanol–water partition coefficient (Wildman–Crippen LogP) is 7.32. The van der Waals surface area contributed by atoms with E-state index in [1.807, 2.05) is 36.4 Å². The Hall–Kier alpha value is -2.92. The summed E-state index contributed by atoms with van der Waals surface area (Å²) in [6.07, 6.45) is 7.03. The number of hydrogen-bond donors (Lipinski definition) is 2. The maximum absolute atomic E-state index is 14.5. The molecule has 2 heterocycles. The summed E-state index contributed by atoms with van der Waals surface area (Å²) >= 11 is 6.17. The highest BCUT2D eigenvalue weighted by molar-refractivity contribution is 6.31. The zero-order chi connectivity index (χ0) is 22.5. The van der Waals surface area contributed by atoms with Crippen LogP contribution < -0.4 is 5.32 Å². The van der Waals surface area contributed by atoms with Crippen LogP contribution in [0.3, 0.4) is 0 Å². The Kier molecular flexibility index (Phi) is 5.10. The molecule has 0 aliphatic heterocycles. The second-order valence-corrected chi connectivity index (χ2v) is 9.98. The Bertz CT molecular complexity index is 1310. The largest absolute Gasteiger partial charge is 0.367 e. The predicted molar refractivity (Wildman–Crippen MR) is 132 cm³/mol. The summed E-state index contributed by atoms with van der Waals surface area (Å²) in [7, 11) is 0. The molecule has 2 N–H and O–H groups in total. The molecule has 2 aromatic heterocycles. The first-order chi connectivity index (χ1) is 16.1. The first-order valence-corrected chi connectivity index (χ1v) is 12.1. The van der Waals surface area contributed by atoms with Gasteiger partial charge in [0.1, 0.15) is 11.6 Å². The number of aromatic amines is 1. The van der Waals surface area contributed by atoms with E-state index in [-0.39, 0.29) is 5.82 Å². The average Bonchev–Trinajstić information content (AvgIpc) is 3.26. The van der Waals surface area contributed by atoms with Crippen LogP contribution in [-0.2, 0) is 0 Å². The number of halogens is 2.